The van der Waals surface area contributed by atoms with Crippen molar-refractivity contribution < 1.29 is 4.79 Å². The Hall–Kier alpha value is -4.91. The normalized spacial score (nSPS) is 15.7. The summed E-state index contributed by atoms with van der Waals surface area (Å²) in [6.45, 7) is 1.08. The third-order valence-corrected chi connectivity index (χ3v) is 8.16. The van der Waals surface area contributed by atoms with E-state index >= 15 is 0 Å². The second-order valence-electron chi connectivity index (χ2n) is 10.5. The Morgan fingerprint density at radius 3 is 2.59 bits per heavy atom. The van der Waals surface area contributed by atoms with Crippen molar-refractivity contribution in [2.75, 3.05) is 0 Å². The molecule has 7 heteroatoms. The van der Waals surface area contributed by atoms with Crippen molar-refractivity contribution in [3.63, 3.8) is 0 Å². The monoisotopic (exact) mass is 508 g/mol. The summed E-state index contributed by atoms with van der Waals surface area (Å²) in [6, 6.07) is 22.5. The van der Waals surface area contributed by atoms with Crippen LogP contribution in [0.1, 0.15) is 45.7 Å². The third kappa shape index (κ3) is 3.54. The van der Waals surface area contributed by atoms with Gasteiger partial charge in [0.15, 0.2) is 0 Å². The first-order valence-corrected chi connectivity index (χ1v) is 13.2. The van der Waals surface area contributed by atoms with Crippen molar-refractivity contribution in [3.05, 3.63) is 126 Å². The van der Waals surface area contributed by atoms with Gasteiger partial charge in [0, 0.05) is 53.3 Å². The lowest BCUT2D eigenvalue weighted by molar-refractivity contribution is 0.0764. The van der Waals surface area contributed by atoms with E-state index in [0.29, 0.717) is 18.9 Å². The number of nitrogens with zero attached hydrogens (tertiary/aromatic N) is 6. The topological polar surface area (TPSA) is 76.3 Å². The molecule has 5 heterocycles. The van der Waals surface area contributed by atoms with Gasteiger partial charge in [-0.25, -0.2) is 9.97 Å². The predicted molar refractivity (Wildman–Crippen MR) is 148 cm³/mol. The molecule has 0 unspecified atom stereocenters. The van der Waals surface area contributed by atoms with Crippen molar-refractivity contribution in [2.45, 2.75) is 31.3 Å². The standard InChI is InChI=1S/C32H24N6O/c39-30-27-8-6-21(14-23(27)18-37(30)20-26-5-1-2-12-33-26)24-16-35-31-36-17-29(38(31)19-24)32(10-11-32)25-7-9-28-22(15-25)4-3-13-34-28/h1-9,12-17,19H,10-11,18,20H2. The van der Waals surface area contributed by atoms with E-state index in [1.54, 1.807) is 6.20 Å². The fourth-order valence-corrected chi connectivity index (χ4v) is 5.94. The van der Waals surface area contributed by atoms with Crippen LogP contribution in [0.3, 0.4) is 0 Å². The molecule has 0 bridgehead atoms. The summed E-state index contributed by atoms with van der Waals surface area (Å²) in [7, 11) is 0. The van der Waals surface area contributed by atoms with Gasteiger partial charge in [0.2, 0.25) is 5.78 Å². The molecule has 4 aromatic heterocycles. The number of carbonyl (C=O) groups is 1. The molecule has 188 valence electrons. The van der Waals surface area contributed by atoms with Gasteiger partial charge >= 0.3 is 0 Å². The first kappa shape index (κ1) is 22.1. The highest BCUT2D eigenvalue weighted by Crippen LogP contribution is 2.53. The molecule has 1 aliphatic carbocycles. The first-order chi connectivity index (χ1) is 19.2. The van der Waals surface area contributed by atoms with Crippen LogP contribution in [0.4, 0.5) is 0 Å². The maximum Gasteiger partial charge on any atom is 0.254 e. The highest BCUT2D eigenvalue weighted by molar-refractivity contribution is 5.99. The minimum absolute atomic E-state index is 0.0499. The average Bonchev–Trinajstić information content (AvgIpc) is 3.58. The van der Waals surface area contributed by atoms with Gasteiger partial charge in [-0.05, 0) is 72.0 Å². The number of hydrogen-bond acceptors (Lipinski definition) is 5. The number of pyridine rings is 2. The van der Waals surface area contributed by atoms with Gasteiger partial charge in [-0.1, -0.05) is 24.3 Å². The number of amides is 1. The van der Waals surface area contributed by atoms with E-state index < -0.39 is 0 Å². The maximum absolute atomic E-state index is 13.0. The van der Waals surface area contributed by atoms with E-state index in [-0.39, 0.29) is 11.3 Å². The Labute approximate surface area is 224 Å². The summed E-state index contributed by atoms with van der Waals surface area (Å²) in [5, 5.41) is 1.15. The molecular weight excluding hydrogens is 484 g/mol. The van der Waals surface area contributed by atoms with Crippen LogP contribution < -0.4 is 0 Å². The van der Waals surface area contributed by atoms with Crippen LogP contribution >= 0.6 is 0 Å². The second kappa shape index (κ2) is 8.30. The zero-order valence-corrected chi connectivity index (χ0v) is 21.2. The lowest BCUT2D eigenvalue weighted by Gasteiger charge is -2.17. The van der Waals surface area contributed by atoms with E-state index in [9.17, 15) is 4.79 Å². The minimum atomic E-state index is -0.0694. The Balaban J connectivity index is 1.14. The summed E-state index contributed by atoms with van der Waals surface area (Å²) < 4.78 is 2.14. The predicted octanol–water partition coefficient (Wildman–Crippen LogP) is 5.58. The molecule has 1 amide bonds. The molecule has 1 fully saturated rings. The maximum atomic E-state index is 13.0. The molecular formula is C32H24N6O. The molecule has 0 saturated heterocycles. The molecule has 7 nitrogen and oxygen atoms in total. The van der Waals surface area contributed by atoms with Crippen LogP contribution in [0.2, 0.25) is 0 Å². The molecule has 0 spiro atoms. The Kier molecular flexibility index (Phi) is 4.70. The number of carbonyl (C=O) groups excluding carboxylic acids is 1. The largest absolute Gasteiger partial charge is 0.328 e. The van der Waals surface area contributed by atoms with Crippen molar-refractivity contribution in [1.29, 1.82) is 0 Å². The number of imidazole rings is 1. The summed E-state index contributed by atoms with van der Waals surface area (Å²) in [6.07, 6.45) is 11.7. The highest BCUT2D eigenvalue weighted by atomic mass is 16.2. The van der Waals surface area contributed by atoms with E-state index in [0.717, 1.165) is 57.4 Å². The Morgan fingerprint density at radius 1 is 0.821 bits per heavy atom. The number of fused-ring (bicyclic) bond motifs is 3. The fourth-order valence-electron chi connectivity index (χ4n) is 5.94. The number of benzene rings is 2. The van der Waals surface area contributed by atoms with Crippen molar-refractivity contribution in [2.24, 2.45) is 0 Å². The first-order valence-electron chi connectivity index (χ1n) is 13.2. The summed E-state index contributed by atoms with van der Waals surface area (Å²) >= 11 is 0. The van der Waals surface area contributed by atoms with Crippen molar-refractivity contribution >= 4 is 22.6 Å². The van der Waals surface area contributed by atoms with Gasteiger partial charge in [-0.2, -0.15) is 0 Å². The van der Waals surface area contributed by atoms with E-state index in [2.05, 4.69) is 55.9 Å². The highest BCUT2D eigenvalue weighted by Gasteiger charge is 2.48. The molecule has 0 N–H and O–H groups in total. The van der Waals surface area contributed by atoms with Crippen LogP contribution in [0.25, 0.3) is 27.8 Å². The van der Waals surface area contributed by atoms with Gasteiger partial charge in [-0.3, -0.25) is 19.2 Å². The fraction of sp³-hybridized carbons (Fsp3) is 0.156. The van der Waals surface area contributed by atoms with E-state index in [4.69, 9.17) is 4.98 Å². The molecule has 1 aliphatic heterocycles. The summed E-state index contributed by atoms with van der Waals surface area (Å²) in [5.74, 6) is 0.745. The molecule has 1 saturated carbocycles. The second-order valence-corrected chi connectivity index (χ2v) is 10.5. The van der Waals surface area contributed by atoms with Gasteiger partial charge < -0.3 is 4.90 Å². The van der Waals surface area contributed by atoms with Crippen LogP contribution in [0.15, 0.2) is 97.7 Å². The molecule has 39 heavy (non-hydrogen) atoms. The third-order valence-electron chi connectivity index (χ3n) is 8.16. The minimum Gasteiger partial charge on any atom is -0.328 e. The molecule has 2 aromatic carbocycles. The number of rotatable bonds is 5. The van der Waals surface area contributed by atoms with Gasteiger partial charge in [0.05, 0.1) is 29.6 Å². The number of aromatic nitrogens is 5. The molecule has 0 radical (unpaired) electrons. The number of hydrogen-bond donors (Lipinski definition) is 0. The van der Waals surface area contributed by atoms with Crippen LogP contribution in [-0.4, -0.2) is 35.1 Å². The molecule has 6 aromatic rings. The van der Waals surface area contributed by atoms with Crippen LogP contribution in [0, 0.1) is 0 Å². The van der Waals surface area contributed by atoms with Crippen LogP contribution in [-0.2, 0) is 18.5 Å². The smallest absolute Gasteiger partial charge is 0.254 e. The molecule has 2 aliphatic rings. The van der Waals surface area contributed by atoms with Gasteiger partial charge in [0.25, 0.3) is 5.91 Å². The van der Waals surface area contributed by atoms with Crippen molar-refractivity contribution in [1.82, 2.24) is 29.2 Å². The van der Waals surface area contributed by atoms with Crippen LogP contribution in [0.5, 0.6) is 0 Å². The summed E-state index contributed by atoms with van der Waals surface area (Å²) in [4.78, 5) is 33.1. The lowest BCUT2D eigenvalue weighted by atomic mass is 9.91. The van der Waals surface area contributed by atoms with E-state index in [1.165, 1.54) is 5.56 Å². The lowest BCUT2D eigenvalue weighted by Crippen LogP contribution is -2.23. The quantitative estimate of drug-likeness (QED) is 0.304. The zero-order chi connectivity index (χ0) is 26.0. The van der Waals surface area contributed by atoms with Crippen molar-refractivity contribution in [3.8, 4) is 11.1 Å². The summed E-state index contributed by atoms with van der Waals surface area (Å²) in [5.41, 5.74) is 8.10. The SMILES string of the molecule is O=C1c2ccc(-c3cnc4ncc(C5(c6ccc7ncccc7c6)CC5)n4c3)cc2CN1Cc1ccccn1. The average molecular weight is 509 g/mol. The van der Waals surface area contributed by atoms with E-state index in [1.807, 2.05) is 59.9 Å². The Morgan fingerprint density at radius 2 is 1.72 bits per heavy atom. The van der Waals surface area contributed by atoms with Gasteiger partial charge in [0.1, 0.15) is 0 Å². The van der Waals surface area contributed by atoms with Gasteiger partial charge in [-0.15, -0.1) is 0 Å². The Bertz CT molecular complexity index is 1910. The molecule has 8 rings (SSSR count). The molecule has 0 atom stereocenters. The zero-order valence-electron chi connectivity index (χ0n) is 21.2.